The highest BCUT2D eigenvalue weighted by Gasteiger charge is 2.27. The van der Waals surface area contributed by atoms with E-state index in [1.807, 2.05) is 0 Å². The van der Waals surface area contributed by atoms with Crippen LogP contribution in [0.3, 0.4) is 0 Å². The van der Waals surface area contributed by atoms with Gasteiger partial charge < -0.3 is 0 Å². The summed E-state index contributed by atoms with van der Waals surface area (Å²) in [5, 5.41) is 18.2. The maximum atomic E-state index is 12.5. The number of pyridine rings is 1. The van der Waals surface area contributed by atoms with Gasteiger partial charge in [-0.3, -0.25) is 10.1 Å². The molecule has 0 N–H and O–H groups in total. The van der Waals surface area contributed by atoms with Crippen LogP contribution in [0, 0.1) is 21.4 Å². The summed E-state index contributed by atoms with van der Waals surface area (Å²) in [5.74, 6) is 0. The van der Waals surface area contributed by atoms with E-state index in [9.17, 15) is 18.9 Å². The number of hydrogen-bond donors (Lipinski definition) is 0. The summed E-state index contributed by atoms with van der Waals surface area (Å²) >= 11 is 5.41. The van der Waals surface area contributed by atoms with Crippen molar-refractivity contribution in [1.29, 1.82) is 5.26 Å². The molecular formula is C8H4ClF2N3O2. The van der Waals surface area contributed by atoms with Crippen molar-refractivity contribution in [1.82, 2.24) is 4.98 Å². The molecule has 1 aromatic rings. The van der Waals surface area contributed by atoms with E-state index in [0.717, 1.165) is 6.07 Å². The predicted octanol–water partition coefficient (Wildman–Crippen LogP) is 2.65. The van der Waals surface area contributed by atoms with Gasteiger partial charge in [0, 0.05) is 0 Å². The molecule has 5 nitrogen and oxygen atoms in total. The zero-order valence-electron chi connectivity index (χ0n) is 7.65. The molecule has 0 aliphatic carbocycles. The van der Waals surface area contributed by atoms with Crippen molar-refractivity contribution < 1.29 is 13.7 Å². The quantitative estimate of drug-likeness (QED) is 0.467. The Morgan fingerprint density at radius 3 is 2.75 bits per heavy atom. The van der Waals surface area contributed by atoms with Crippen molar-refractivity contribution in [2.24, 2.45) is 0 Å². The van der Waals surface area contributed by atoms with Gasteiger partial charge in [0.05, 0.1) is 23.1 Å². The van der Waals surface area contributed by atoms with E-state index in [-0.39, 0.29) is 12.1 Å². The summed E-state index contributed by atoms with van der Waals surface area (Å²) < 4.78 is 25.0. The lowest BCUT2D eigenvalue weighted by Crippen LogP contribution is -2.01. The molecule has 0 aliphatic rings. The Bertz CT molecular complexity index is 473. The fourth-order valence-corrected chi connectivity index (χ4v) is 1.38. The number of nitrogens with zero attached hydrogens (tertiary/aromatic N) is 3. The number of nitro groups is 1. The Hall–Kier alpha value is -1.81. The van der Waals surface area contributed by atoms with Crippen LogP contribution >= 0.6 is 11.6 Å². The van der Waals surface area contributed by atoms with Gasteiger partial charge in [0.2, 0.25) is 5.15 Å². The molecule has 0 radical (unpaired) electrons. The number of halogens is 3. The lowest BCUT2D eigenvalue weighted by atomic mass is 10.2. The molecule has 1 rings (SSSR count). The molecule has 0 bridgehead atoms. The molecular weight excluding hydrogens is 244 g/mol. The minimum absolute atomic E-state index is 0.0200. The second-order valence-electron chi connectivity index (χ2n) is 2.73. The molecule has 1 aromatic heterocycles. The first-order valence-electron chi connectivity index (χ1n) is 3.96. The van der Waals surface area contributed by atoms with Gasteiger partial charge in [-0.2, -0.15) is 5.26 Å². The second kappa shape index (κ2) is 4.81. The van der Waals surface area contributed by atoms with Crippen LogP contribution in [0.5, 0.6) is 0 Å². The maximum absolute atomic E-state index is 12.5. The highest BCUT2D eigenvalue weighted by Crippen LogP contribution is 2.34. The molecule has 0 spiro atoms. The molecule has 8 heteroatoms. The first-order valence-corrected chi connectivity index (χ1v) is 4.34. The SMILES string of the molecule is N#CCc1cc(C(F)F)c([N+](=O)[O-])c(Cl)n1. The molecule has 16 heavy (non-hydrogen) atoms. The van der Waals surface area contributed by atoms with Crippen molar-refractivity contribution in [3.8, 4) is 6.07 Å². The zero-order valence-corrected chi connectivity index (χ0v) is 8.41. The molecule has 0 aliphatic heterocycles. The van der Waals surface area contributed by atoms with E-state index in [0.29, 0.717) is 0 Å². The number of nitriles is 1. The van der Waals surface area contributed by atoms with Gasteiger partial charge in [0.15, 0.2) is 0 Å². The highest BCUT2D eigenvalue weighted by molar-refractivity contribution is 6.31. The third-order valence-electron chi connectivity index (χ3n) is 1.71. The summed E-state index contributed by atoms with van der Waals surface area (Å²) in [6.45, 7) is 0. The lowest BCUT2D eigenvalue weighted by molar-refractivity contribution is -0.386. The summed E-state index contributed by atoms with van der Waals surface area (Å²) in [4.78, 5) is 13.0. The topological polar surface area (TPSA) is 79.8 Å². The fraction of sp³-hybridized carbons (Fsp3) is 0.250. The summed E-state index contributed by atoms with van der Waals surface area (Å²) in [6, 6.07) is 2.51. The van der Waals surface area contributed by atoms with E-state index in [2.05, 4.69) is 4.98 Å². The molecule has 0 fully saturated rings. The molecule has 0 aromatic carbocycles. The zero-order chi connectivity index (χ0) is 12.3. The van der Waals surface area contributed by atoms with Crippen LogP contribution in [0.15, 0.2) is 6.07 Å². The van der Waals surface area contributed by atoms with Crippen molar-refractivity contribution >= 4 is 17.3 Å². The minimum Gasteiger partial charge on any atom is -0.258 e. The van der Waals surface area contributed by atoms with Crippen molar-refractivity contribution in [3.05, 3.63) is 32.6 Å². The molecule has 0 saturated carbocycles. The lowest BCUT2D eigenvalue weighted by Gasteiger charge is -2.04. The Morgan fingerprint density at radius 1 is 1.69 bits per heavy atom. The van der Waals surface area contributed by atoms with Gasteiger partial charge in [-0.1, -0.05) is 11.6 Å². The average Bonchev–Trinajstić information content (AvgIpc) is 2.16. The van der Waals surface area contributed by atoms with Crippen LogP contribution in [0.1, 0.15) is 17.7 Å². The monoisotopic (exact) mass is 247 g/mol. The first kappa shape index (κ1) is 12.3. The Morgan fingerprint density at radius 2 is 2.31 bits per heavy atom. The van der Waals surface area contributed by atoms with Crippen LogP contribution in [-0.2, 0) is 6.42 Å². The van der Waals surface area contributed by atoms with E-state index < -0.39 is 27.8 Å². The Balaban J connectivity index is 3.40. The van der Waals surface area contributed by atoms with Gasteiger partial charge in [0.1, 0.15) is 5.56 Å². The van der Waals surface area contributed by atoms with Gasteiger partial charge >= 0.3 is 5.69 Å². The van der Waals surface area contributed by atoms with Crippen LogP contribution in [0.4, 0.5) is 14.5 Å². The van der Waals surface area contributed by atoms with Gasteiger partial charge in [-0.15, -0.1) is 0 Å². The summed E-state index contributed by atoms with van der Waals surface area (Å²) in [7, 11) is 0. The molecule has 0 saturated heterocycles. The summed E-state index contributed by atoms with van der Waals surface area (Å²) in [5.41, 5.74) is -1.76. The number of rotatable bonds is 3. The van der Waals surface area contributed by atoms with Crippen LogP contribution in [-0.4, -0.2) is 9.91 Å². The minimum atomic E-state index is -3.04. The molecule has 84 valence electrons. The van der Waals surface area contributed by atoms with Crippen molar-refractivity contribution in [3.63, 3.8) is 0 Å². The Kier molecular flexibility index (Phi) is 3.68. The summed E-state index contributed by atoms with van der Waals surface area (Å²) in [6.07, 6.45) is -3.28. The number of alkyl halides is 2. The normalized spacial score (nSPS) is 10.2. The molecule has 0 unspecified atom stereocenters. The number of hydrogen-bond acceptors (Lipinski definition) is 4. The van der Waals surface area contributed by atoms with E-state index >= 15 is 0 Å². The fourth-order valence-electron chi connectivity index (χ4n) is 1.10. The number of aromatic nitrogens is 1. The van der Waals surface area contributed by atoms with E-state index in [4.69, 9.17) is 16.9 Å². The van der Waals surface area contributed by atoms with Crippen LogP contribution in [0.25, 0.3) is 0 Å². The largest absolute Gasteiger partial charge is 0.315 e. The van der Waals surface area contributed by atoms with Gasteiger partial charge in [0.25, 0.3) is 6.43 Å². The molecule has 0 amide bonds. The van der Waals surface area contributed by atoms with Gasteiger partial charge in [-0.25, -0.2) is 13.8 Å². The van der Waals surface area contributed by atoms with Gasteiger partial charge in [-0.05, 0) is 6.07 Å². The smallest absolute Gasteiger partial charge is 0.258 e. The Labute approximate surface area is 93.4 Å². The van der Waals surface area contributed by atoms with E-state index in [1.54, 1.807) is 6.07 Å². The third kappa shape index (κ3) is 2.41. The first-order chi connectivity index (χ1) is 7.47. The van der Waals surface area contributed by atoms with Crippen LogP contribution < -0.4 is 0 Å². The van der Waals surface area contributed by atoms with E-state index in [1.165, 1.54) is 0 Å². The van der Waals surface area contributed by atoms with Crippen molar-refractivity contribution in [2.75, 3.05) is 0 Å². The second-order valence-corrected chi connectivity index (χ2v) is 3.09. The highest BCUT2D eigenvalue weighted by atomic mass is 35.5. The average molecular weight is 248 g/mol. The maximum Gasteiger partial charge on any atom is 0.315 e. The van der Waals surface area contributed by atoms with Crippen molar-refractivity contribution in [2.45, 2.75) is 12.8 Å². The third-order valence-corrected chi connectivity index (χ3v) is 1.97. The standard InChI is InChI=1S/C8H4ClF2N3O2/c9-7-6(14(15)16)5(8(10)11)3-4(13-7)1-2-12/h3,8H,1H2. The molecule has 0 atom stereocenters. The van der Waals surface area contributed by atoms with Crippen LogP contribution in [0.2, 0.25) is 5.15 Å². The predicted molar refractivity (Wildman–Crippen MR) is 50.2 cm³/mol. The molecule has 1 heterocycles.